The predicted molar refractivity (Wildman–Crippen MR) is 68.5 cm³/mol. The van der Waals surface area contributed by atoms with E-state index in [0.717, 1.165) is 12.8 Å². The molecule has 0 bridgehead atoms. The van der Waals surface area contributed by atoms with E-state index in [2.05, 4.69) is 18.8 Å². The van der Waals surface area contributed by atoms with E-state index in [4.69, 9.17) is 5.11 Å². The van der Waals surface area contributed by atoms with Crippen LogP contribution in [0.4, 0.5) is 0 Å². The lowest BCUT2D eigenvalue weighted by Crippen LogP contribution is -2.43. The highest BCUT2D eigenvalue weighted by atomic mass is 32.2. The van der Waals surface area contributed by atoms with Crippen LogP contribution in [0, 0.1) is 5.41 Å². The van der Waals surface area contributed by atoms with E-state index in [1.807, 2.05) is 0 Å². The van der Waals surface area contributed by atoms with Gasteiger partial charge < -0.3 is 10.1 Å². The molecule has 102 valence electrons. The van der Waals surface area contributed by atoms with Crippen LogP contribution in [0.15, 0.2) is 17.2 Å². The number of aromatic nitrogens is 1. The first-order valence-electron chi connectivity index (χ1n) is 6.13. The van der Waals surface area contributed by atoms with Gasteiger partial charge in [0, 0.05) is 25.0 Å². The summed E-state index contributed by atoms with van der Waals surface area (Å²) in [6.45, 7) is 5.12. The van der Waals surface area contributed by atoms with Gasteiger partial charge in [-0.2, -0.15) is 4.31 Å². The summed E-state index contributed by atoms with van der Waals surface area (Å²) in [5, 5.41) is 8.97. The van der Waals surface area contributed by atoms with Gasteiger partial charge >= 0.3 is 0 Å². The van der Waals surface area contributed by atoms with Crippen LogP contribution in [0.3, 0.4) is 0 Å². The van der Waals surface area contributed by atoms with Crippen molar-refractivity contribution in [2.75, 3.05) is 13.1 Å². The Kier molecular flexibility index (Phi) is 3.53. The van der Waals surface area contributed by atoms with E-state index in [1.54, 1.807) is 4.31 Å². The van der Waals surface area contributed by atoms with Crippen molar-refractivity contribution in [1.29, 1.82) is 0 Å². The lowest BCUT2D eigenvalue weighted by molar-refractivity contribution is 0.187. The molecule has 1 aromatic rings. The topological polar surface area (TPSA) is 73.4 Å². The van der Waals surface area contributed by atoms with Gasteiger partial charge in [-0.3, -0.25) is 0 Å². The Morgan fingerprint density at radius 3 is 2.78 bits per heavy atom. The fraction of sp³-hybridized carbons (Fsp3) is 0.667. The van der Waals surface area contributed by atoms with Crippen molar-refractivity contribution < 1.29 is 13.5 Å². The van der Waals surface area contributed by atoms with E-state index >= 15 is 0 Å². The van der Waals surface area contributed by atoms with E-state index in [1.165, 1.54) is 12.3 Å². The largest absolute Gasteiger partial charge is 0.390 e. The van der Waals surface area contributed by atoms with Crippen LogP contribution in [0.25, 0.3) is 0 Å². The number of aliphatic hydroxyl groups is 1. The summed E-state index contributed by atoms with van der Waals surface area (Å²) < 4.78 is 26.4. The average Bonchev–Trinajstić information content (AvgIpc) is 2.76. The molecule has 2 heterocycles. The van der Waals surface area contributed by atoms with Crippen molar-refractivity contribution in [3.63, 3.8) is 0 Å². The highest BCUT2D eigenvalue weighted by Gasteiger charge is 2.34. The van der Waals surface area contributed by atoms with Crippen LogP contribution >= 0.6 is 0 Å². The van der Waals surface area contributed by atoms with Crippen LogP contribution in [-0.2, 0) is 16.6 Å². The summed E-state index contributed by atoms with van der Waals surface area (Å²) in [6, 6.07) is 1.50. The average molecular weight is 272 g/mol. The van der Waals surface area contributed by atoms with Crippen molar-refractivity contribution >= 4 is 10.0 Å². The van der Waals surface area contributed by atoms with Gasteiger partial charge in [-0.1, -0.05) is 13.8 Å². The second-order valence-corrected chi connectivity index (χ2v) is 7.56. The van der Waals surface area contributed by atoms with E-state index in [0.29, 0.717) is 18.8 Å². The van der Waals surface area contributed by atoms with Crippen LogP contribution in [-0.4, -0.2) is 35.9 Å². The Morgan fingerprint density at radius 2 is 2.22 bits per heavy atom. The number of H-pyrrole nitrogens is 1. The quantitative estimate of drug-likeness (QED) is 0.871. The molecule has 0 unspecified atom stereocenters. The number of aliphatic hydroxyl groups excluding tert-OH is 1. The minimum atomic E-state index is -3.43. The Bertz CT molecular complexity index is 519. The first-order valence-corrected chi connectivity index (χ1v) is 7.57. The minimum absolute atomic E-state index is 0.0292. The van der Waals surface area contributed by atoms with Crippen molar-refractivity contribution in [1.82, 2.24) is 9.29 Å². The first-order chi connectivity index (χ1) is 8.35. The molecule has 0 atom stereocenters. The molecule has 1 saturated heterocycles. The third-order valence-corrected chi connectivity index (χ3v) is 5.21. The number of nitrogens with zero attached hydrogens (tertiary/aromatic N) is 1. The molecule has 0 radical (unpaired) electrons. The zero-order valence-electron chi connectivity index (χ0n) is 10.8. The predicted octanol–water partition coefficient (Wildman–Crippen LogP) is 1.32. The summed E-state index contributed by atoms with van der Waals surface area (Å²) in [5.41, 5.74) is 0.548. The zero-order chi connectivity index (χ0) is 13.4. The van der Waals surface area contributed by atoms with Gasteiger partial charge in [0.15, 0.2) is 0 Å². The number of nitrogens with one attached hydrogen (secondary N) is 1. The van der Waals surface area contributed by atoms with Gasteiger partial charge in [0.25, 0.3) is 0 Å². The van der Waals surface area contributed by atoms with Gasteiger partial charge in [0.05, 0.1) is 11.5 Å². The van der Waals surface area contributed by atoms with Crippen LogP contribution in [0.5, 0.6) is 0 Å². The number of hydrogen-bond acceptors (Lipinski definition) is 3. The SMILES string of the molecule is CC1(C)CCCN(S(=O)(=O)c2c[nH]c(CO)c2)C1. The molecular weight excluding hydrogens is 252 g/mol. The number of piperidine rings is 1. The molecule has 0 spiro atoms. The first kappa shape index (κ1) is 13.6. The van der Waals surface area contributed by atoms with E-state index in [-0.39, 0.29) is 16.9 Å². The van der Waals surface area contributed by atoms with Gasteiger partial charge in [-0.15, -0.1) is 0 Å². The van der Waals surface area contributed by atoms with Crippen molar-refractivity contribution in [2.24, 2.45) is 5.41 Å². The van der Waals surface area contributed by atoms with E-state index < -0.39 is 10.0 Å². The lowest BCUT2D eigenvalue weighted by atomic mass is 9.85. The summed E-state index contributed by atoms with van der Waals surface area (Å²) in [6.07, 6.45) is 3.39. The maximum absolute atomic E-state index is 12.4. The molecule has 0 aromatic carbocycles. The summed E-state index contributed by atoms with van der Waals surface area (Å²) in [7, 11) is -3.43. The fourth-order valence-electron chi connectivity index (χ4n) is 2.38. The molecule has 0 aliphatic carbocycles. The van der Waals surface area contributed by atoms with Crippen LogP contribution < -0.4 is 0 Å². The molecule has 2 N–H and O–H groups in total. The number of sulfonamides is 1. The normalized spacial score (nSPS) is 21.1. The van der Waals surface area contributed by atoms with Gasteiger partial charge in [0.2, 0.25) is 10.0 Å². The molecule has 1 aromatic heterocycles. The van der Waals surface area contributed by atoms with Crippen LogP contribution in [0.2, 0.25) is 0 Å². The number of aromatic amines is 1. The number of hydrogen-bond donors (Lipinski definition) is 2. The number of rotatable bonds is 3. The van der Waals surface area contributed by atoms with Gasteiger partial charge in [-0.25, -0.2) is 8.42 Å². The van der Waals surface area contributed by atoms with Gasteiger partial charge in [-0.05, 0) is 24.3 Å². The molecule has 5 nitrogen and oxygen atoms in total. The molecule has 2 rings (SSSR count). The zero-order valence-corrected chi connectivity index (χ0v) is 11.6. The Balaban J connectivity index is 2.25. The lowest BCUT2D eigenvalue weighted by Gasteiger charge is -2.36. The molecule has 0 amide bonds. The maximum Gasteiger partial charge on any atom is 0.244 e. The third kappa shape index (κ3) is 2.60. The van der Waals surface area contributed by atoms with Crippen LogP contribution in [0.1, 0.15) is 32.4 Å². The van der Waals surface area contributed by atoms with E-state index in [9.17, 15) is 8.42 Å². The Labute approximate surface area is 108 Å². The second-order valence-electron chi connectivity index (χ2n) is 5.63. The monoisotopic (exact) mass is 272 g/mol. The molecule has 1 fully saturated rings. The molecule has 1 aliphatic rings. The van der Waals surface area contributed by atoms with Crippen molar-refractivity contribution in [3.05, 3.63) is 18.0 Å². The third-order valence-electron chi connectivity index (χ3n) is 3.39. The fourth-order valence-corrected chi connectivity index (χ4v) is 4.07. The van der Waals surface area contributed by atoms with Gasteiger partial charge in [0.1, 0.15) is 0 Å². The summed E-state index contributed by atoms with van der Waals surface area (Å²) in [4.78, 5) is 3.01. The second kappa shape index (κ2) is 4.68. The molecule has 0 saturated carbocycles. The smallest absolute Gasteiger partial charge is 0.244 e. The minimum Gasteiger partial charge on any atom is -0.390 e. The Hall–Kier alpha value is -0.850. The Morgan fingerprint density at radius 1 is 1.50 bits per heavy atom. The summed E-state index contributed by atoms with van der Waals surface area (Å²) in [5.74, 6) is 0. The summed E-state index contributed by atoms with van der Waals surface area (Å²) >= 11 is 0. The standard InChI is InChI=1S/C12H20N2O3S/c1-12(2)4-3-5-14(9-12)18(16,17)11-6-10(8-15)13-7-11/h6-7,13,15H,3-5,8-9H2,1-2H3. The highest BCUT2D eigenvalue weighted by Crippen LogP contribution is 2.31. The molecule has 18 heavy (non-hydrogen) atoms. The molecule has 1 aliphatic heterocycles. The maximum atomic E-state index is 12.4. The molecular formula is C12H20N2O3S. The highest BCUT2D eigenvalue weighted by molar-refractivity contribution is 7.89. The molecule has 6 heteroatoms. The van der Waals surface area contributed by atoms with Crippen molar-refractivity contribution in [3.8, 4) is 0 Å². The van der Waals surface area contributed by atoms with Crippen molar-refractivity contribution in [2.45, 2.75) is 38.2 Å².